The lowest BCUT2D eigenvalue weighted by molar-refractivity contribution is 0.168. The van der Waals surface area contributed by atoms with Crippen LogP contribution in [-0.2, 0) is 0 Å². The van der Waals surface area contributed by atoms with E-state index in [-0.39, 0.29) is 12.2 Å². The summed E-state index contributed by atoms with van der Waals surface area (Å²) in [6.45, 7) is 8.85. The van der Waals surface area contributed by atoms with Crippen LogP contribution in [0.3, 0.4) is 0 Å². The van der Waals surface area contributed by atoms with Crippen LogP contribution < -0.4 is 5.32 Å². The normalized spacial score (nSPS) is 30.0. The van der Waals surface area contributed by atoms with Gasteiger partial charge in [-0.1, -0.05) is 0 Å². The van der Waals surface area contributed by atoms with Crippen molar-refractivity contribution in [1.82, 2.24) is 10.2 Å². The Balaban J connectivity index is 2.56. The molecular formula is C10H21FN2. The molecule has 1 rings (SSSR count). The summed E-state index contributed by atoms with van der Waals surface area (Å²) >= 11 is 0. The first-order valence-corrected chi connectivity index (χ1v) is 5.10. The number of nitrogens with zero attached hydrogens (tertiary/aromatic N) is 1. The van der Waals surface area contributed by atoms with E-state index >= 15 is 0 Å². The summed E-state index contributed by atoms with van der Waals surface area (Å²) < 4.78 is 12.3. The van der Waals surface area contributed by atoms with Crippen LogP contribution in [0.5, 0.6) is 0 Å². The fourth-order valence-corrected chi connectivity index (χ4v) is 1.93. The zero-order valence-corrected chi connectivity index (χ0v) is 8.94. The van der Waals surface area contributed by atoms with Gasteiger partial charge in [-0.15, -0.1) is 0 Å². The van der Waals surface area contributed by atoms with Crippen molar-refractivity contribution in [2.45, 2.75) is 38.8 Å². The lowest BCUT2D eigenvalue weighted by Gasteiger charge is -2.32. The molecule has 1 unspecified atom stereocenters. The van der Waals surface area contributed by atoms with Crippen molar-refractivity contribution >= 4 is 0 Å². The van der Waals surface area contributed by atoms with E-state index in [4.69, 9.17) is 0 Å². The van der Waals surface area contributed by atoms with Crippen LogP contribution in [0.2, 0.25) is 0 Å². The third kappa shape index (κ3) is 3.24. The highest BCUT2D eigenvalue weighted by Crippen LogP contribution is 2.14. The first-order chi connectivity index (χ1) is 6.05. The number of halogens is 1. The van der Waals surface area contributed by atoms with Crippen molar-refractivity contribution in [3.05, 3.63) is 0 Å². The average molecular weight is 188 g/mol. The SMILES string of the molecule is CC1CCNC(C)(C)CN1CCF. The lowest BCUT2D eigenvalue weighted by Crippen LogP contribution is -2.48. The summed E-state index contributed by atoms with van der Waals surface area (Å²) in [5.74, 6) is 0. The second kappa shape index (κ2) is 4.38. The van der Waals surface area contributed by atoms with E-state index in [0.29, 0.717) is 12.6 Å². The molecule has 0 aliphatic carbocycles. The molecule has 1 N–H and O–H groups in total. The third-order valence-corrected chi connectivity index (χ3v) is 2.76. The van der Waals surface area contributed by atoms with Crippen LogP contribution in [-0.4, -0.2) is 42.8 Å². The van der Waals surface area contributed by atoms with E-state index in [2.05, 4.69) is 31.0 Å². The molecule has 0 saturated carbocycles. The molecule has 0 bridgehead atoms. The topological polar surface area (TPSA) is 15.3 Å². The molecule has 0 radical (unpaired) electrons. The van der Waals surface area contributed by atoms with Crippen molar-refractivity contribution in [2.75, 3.05) is 26.3 Å². The lowest BCUT2D eigenvalue weighted by atomic mass is 10.1. The number of hydrogen-bond acceptors (Lipinski definition) is 2. The Labute approximate surface area is 80.5 Å². The van der Waals surface area contributed by atoms with Gasteiger partial charge in [-0.3, -0.25) is 4.90 Å². The fraction of sp³-hybridized carbons (Fsp3) is 1.00. The Morgan fingerprint density at radius 1 is 1.54 bits per heavy atom. The molecule has 1 aliphatic heterocycles. The molecule has 1 fully saturated rings. The Kier molecular flexibility index (Phi) is 3.68. The Morgan fingerprint density at radius 2 is 2.23 bits per heavy atom. The first-order valence-electron chi connectivity index (χ1n) is 5.10. The van der Waals surface area contributed by atoms with Gasteiger partial charge in [0, 0.05) is 24.7 Å². The second-order valence-electron chi connectivity index (χ2n) is 4.61. The molecule has 0 aromatic rings. The molecule has 13 heavy (non-hydrogen) atoms. The average Bonchev–Trinajstić information content (AvgIpc) is 2.12. The smallest absolute Gasteiger partial charge is 0.102 e. The molecule has 78 valence electrons. The number of alkyl halides is 1. The zero-order chi connectivity index (χ0) is 9.90. The molecule has 0 amide bonds. The number of hydrogen-bond donors (Lipinski definition) is 1. The molecular weight excluding hydrogens is 167 g/mol. The maximum absolute atomic E-state index is 12.3. The van der Waals surface area contributed by atoms with Gasteiger partial charge in [0.15, 0.2) is 0 Å². The summed E-state index contributed by atoms with van der Waals surface area (Å²) in [5, 5.41) is 3.48. The van der Waals surface area contributed by atoms with Crippen molar-refractivity contribution in [1.29, 1.82) is 0 Å². The third-order valence-electron chi connectivity index (χ3n) is 2.76. The van der Waals surface area contributed by atoms with Gasteiger partial charge in [-0.25, -0.2) is 4.39 Å². The maximum Gasteiger partial charge on any atom is 0.102 e. The Bertz CT molecular complexity index is 159. The van der Waals surface area contributed by atoms with Crippen LogP contribution in [0.25, 0.3) is 0 Å². The van der Waals surface area contributed by atoms with Gasteiger partial charge in [0.2, 0.25) is 0 Å². The van der Waals surface area contributed by atoms with Gasteiger partial charge < -0.3 is 5.32 Å². The quantitative estimate of drug-likeness (QED) is 0.705. The minimum absolute atomic E-state index is 0.125. The van der Waals surface area contributed by atoms with Crippen molar-refractivity contribution in [3.8, 4) is 0 Å². The Morgan fingerprint density at radius 3 is 2.85 bits per heavy atom. The van der Waals surface area contributed by atoms with Gasteiger partial charge in [0.25, 0.3) is 0 Å². The van der Waals surface area contributed by atoms with Crippen LogP contribution in [0, 0.1) is 0 Å². The summed E-state index contributed by atoms with van der Waals surface area (Å²) in [5.41, 5.74) is 0.125. The predicted octanol–water partition coefficient (Wildman–Crippen LogP) is 1.42. The fourth-order valence-electron chi connectivity index (χ4n) is 1.93. The maximum atomic E-state index is 12.3. The van der Waals surface area contributed by atoms with E-state index in [1.807, 2.05) is 0 Å². The van der Waals surface area contributed by atoms with Crippen LogP contribution in [0.1, 0.15) is 27.2 Å². The van der Waals surface area contributed by atoms with Crippen molar-refractivity contribution in [2.24, 2.45) is 0 Å². The Hall–Kier alpha value is -0.150. The highest BCUT2D eigenvalue weighted by atomic mass is 19.1. The van der Waals surface area contributed by atoms with E-state index in [1.165, 1.54) is 0 Å². The molecule has 1 saturated heterocycles. The monoisotopic (exact) mass is 188 g/mol. The second-order valence-corrected chi connectivity index (χ2v) is 4.61. The molecule has 1 aliphatic rings. The minimum Gasteiger partial charge on any atom is -0.310 e. The first kappa shape index (κ1) is 10.9. The van der Waals surface area contributed by atoms with Gasteiger partial charge >= 0.3 is 0 Å². The van der Waals surface area contributed by atoms with Crippen LogP contribution in [0.4, 0.5) is 4.39 Å². The van der Waals surface area contributed by atoms with Crippen molar-refractivity contribution < 1.29 is 4.39 Å². The number of nitrogens with one attached hydrogen (secondary N) is 1. The van der Waals surface area contributed by atoms with E-state index in [0.717, 1.165) is 19.5 Å². The van der Waals surface area contributed by atoms with Crippen molar-refractivity contribution in [3.63, 3.8) is 0 Å². The molecule has 0 spiro atoms. The zero-order valence-electron chi connectivity index (χ0n) is 8.94. The molecule has 1 atom stereocenters. The number of rotatable bonds is 2. The largest absolute Gasteiger partial charge is 0.310 e. The van der Waals surface area contributed by atoms with Gasteiger partial charge in [-0.2, -0.15) is 0 Å². The van der Waals surface area contributed by atoms with Gasteiger partial charge in [0.05, 0.1) is 0 Å². The standard InChI is InChI=1S/C10H21FN2/c1-9-4-6-12-10(2,3)8-13(9)7-5-11/h9,12H,4-8H2,1-3H3. The summed E-state index contributed by atoms with van der Waals surface area (Å²) in [6.07, 6.45) is 1.11. The highest BCUT2D eigenvalue weighted by Gasteiger charge is 2.27. The highest BCUT2D eigenvalue weighted by molar-refractivity contribution is 4.87. The molecule has 1 heterocycles. The molecule has 2 nitrogen and oxygen atoms in total. The molecule has 0 aromatic heterocycles. The minimum atomic E-state index is -0.236. The van der Waals surface area contributed by atoms with Gasteiger partial charge in [-0.05, 0) is 33.7 Å². The summed E-state index contributed by atoms with van der Waals surface area (Å²) in [7, 11) is 0. The van der Waals surface area contributed by atoms with E-state index < -0.39 is 0 Å². The van der Waals surface area contributed by atoms with E-state index in [1.54, 1.807) is 0 Å². The van der Waals surface area contributed by atoms with E-state index in [9.17, 15) is 4.39 Å². The van der Waals surface area contributed by atoms with Crippen LogP contribution >= 0.6 is 0 Å². The summed E-state index contributed by atoms with van der Waals surface area (Å²) in [6, 6.07) is 0.505. The summed E-state index contributed by atoms with van der Waals surface area (Å²) in [4.78, 5) is 2.24. The molecule has 3 heteroatoms. The van der Waals surface area contributed by atoms with Gasteiger partial charge in [0.1, 0.15) is 6.67 Å². The van der Waals surface area contributed by atoms with Crippen LogP contribution in [0.15, 0.2) is 0 Å². The predicted molar refractivity (Wildman–Crippen MR) is 53.7 cm³/mol. The molecule has 0 aromatic carbocycles.